The number of carbonyl (C=O) groups is 1. The average molecular weight is 256 g/mol. The van der Waals surface area contributed by atoms with Gasteiger partial charge in [-0.05, 0) is 30.3 Å². The van der Waals surface area contributed by atoms with Gasteiger partial charge in [0.05, 0.1) is 5.69 Å². The predicted molar refractivity (Wildman–Crippen MR) is 72.3 cm³/mol. The van der Waals surface area contributed by atoms with Crippen LogP contribution in [0.15, 0.2) is 42.7 Å². The molecule has 5 heteroatoms. The van der Waals surface area contributed by atoms with Crippen molar-refractivity contribution < 1.29 is 4.79 Å². The lowest BCUT2D eigenvalue weighted by Gasteiger charge is -2.27. The summed E-state index contributed by atoms with van der Waals surface area (Å²) in [5.41, 5.74) is 1.69. The van der Waals surface area contributed by atoms with Crippen molar-refractivity contribution in [2.45, 2.75) is 0 Å². The van der Waals surface area contributed by atoms with Crippen LogP contribution < -0.4 is 5.32 Å². The second kappa shape index (κ2) is 5.24. The summed E-state index contributed by atoms with van der Waals surface area (Å²) >= 11 is 0. The van der Waals surface area contributed by atoms with Crippen molar-refractivity contribution in [3.63, 3.8) is 0 Å². The standard InChI is InChI=1S/C14H16N4O/c19-14(17-10-7-15-8-11-17)12-2-4-13(5-3-12)18-9-1-6-16-18/h1-6,9,15H,7-8,10-11H2. The van der Waals surface area contributed by atoms with Crippen LogP contribution in [0.2, 0.25) is 0 Å². The smallest absolute Gasteiger partial charge is 0.253 e. The Hall–Kier alpha value is -2.14. The van der Waals surface area contributed by atoms with E-state index >= 15 is 0 Å². The highest BCUT2D eigenvalue weighted by atomic mass is 16.2. The molecule has 1 aliphatic heterocycles. The number of amides is 1. The Balaban J connectivity index is 1.76. The van der Waals surface area contributed by atoms with Gasteiger partial charge in [0.25, 0.3) is 5.91 Å². The first kappa shape index (κ1) is 11.9. The molecule has 0 atom stereocenters. The van der Waals surface area contributed by atoms with Crippen LogP contribution in [-0.4, -0.2) is 46.8 Å². The third kappa shape index (κ3) is 2.51. The molecule has 1 amide bonds. The van der Waals surface area contributed by atoms with Gasteiger partial charge in [0.15, 0.2) is 0 Å². The number of aromatic nitrogens is 2. The Morgan fingerprint density at radius 1 is 1.16 bits per heavy atom. The first-order chi connectivity index (χ1) is 9.34. The van der Waals surface area contributed by atoms with E-state index in [1.807, 2.05) is 41.4 Å². The summed E-state index contributed by atoms with van der Waals surface area (Å²) in [7, 11) is 0. The van der Waals surface area contributed by atoms with Gasteiger partial charge in [-0.25, -0.2) is 4.68 Å². The second-order valence-electron chi connectivity index (χ2n) is 4.54. The van der Waals surface area contributed by atoms with Gasteiger partial charge in [-0.15, -0.1) is 0 Å². The number of rotatable bonds is 2. The SMILES string of the molecule is O=C(c1ccc(-n2cccn2)cc1)N1CCNCC1. The molecular weight excluding hydrogens is 240 g/mol. The lowest BCUT2D eigenvalue weighted by atomic mass is 10.1. The molecule has 0 spiro atoms. The van der Waals surface area contributed by atoms with E-state index in [1.165, 1.54) is 0 Å². The fourth-order valence-corrected chi connectivity index (χ4v) is 2.23. The van der Waals surface area contributed by atoms with Crippen molar-refractivity contribution in [1.82, 2.24) is 20.0 Å². The normalized spacial score (nSPS) is 15.5. The van der Waals surface area contributed by atoms with Gasteiger partial charge < -0.3 is 10.2 Å². The number of benzene rings is 1. The van der Waals surface area contributed by atoms with E-state index in [2.05, 4.69) is 10.4 Å². The van der Waals surface area contributed by atoms with Gasteiger partial charge in [0.2, 0.25) is 0 Å². The van der Waals surface area contributed by atoms with E-state index in [9.17, 15) is 4.79 Å². The van der Waals surface area contributed by atoms with E-state index in [0.29, 0.717) is 0 Å². The third-order valence-corrected chi connectivity index (χ3v) is 3.29. The minimum absolute atomic E-state index is 0.105. The Morgan fingerprint density at radius 3 is 2.53 bits per heavy atom. The summed E-state index contributed by atoms with van der Waals surface area (Å²) in [6, 6.07) is 9.44. The fourth-order valence-electron chi connectivity index (χ4n) is 2.23. The lowest BCUT2D eigenvalue weighted by Crippen LogP contribution is -2.46. The molecule has 1 saturated heterocycles. The average Bonchev–Trinajstić information content (AvgIpc) is 3.02. The summed E-state index contributed by atoms with van der Waals surface area (Å²) in [5, 5.41) is 7.41. The van der Waals surface area contributed by atoms with Crippen molar-refractivity contribution >= 4 is 5.91 Å². The molecule has 1 N–H and O–H groups in total. The Kier molecular flexibility index (Phi) is 3.29. The van der Waals surface area contributed by atoms with Crippen molar-refractivity contribution in [1.29, 1.82) is 0 Å². The zero-order valence-corrected chi connectivity index (χ0v) is 10.6. The summed E-state index contributed by atoms with van der Waals surface area (Å²) < 4.78 is 1.78. The van der Waals surface area contributed by atoms with Crippen molar-refractivity contribution in [2.24, 2.45) is 0 Å². The second-order valence-corrected chi connectivity index (χ2v) is 4.54. The zero-order chi connectivity index (χ0) is 13.1. The van der Waals surface area contributed by atoms with Crippen LogP contribution in [0.5, 0.6) is 0 Å². The predicted octanol–water partition coefficient (Wildman–Crippen LogP) is 0.918. The molecule has 2 heterocycles. The van der Waals surface area contributed by atoms with Gasteiger partial charge in [0.1, 0.15) is 0 Å². The summed E-state index contributed by atoms with van der Waals surface area (Å²) in [4.78, 5) is 14.2. The molecule has 19 heavy (non-hydrogen) atoms. The van der Waals surface area contributed by atoms with Crippen LogP contribution in [0.3, 0.4) is 0 Å². The first-order valence-electron chi connectivity index (χ1n) is 6.45. The first-order valence-corrected chi connectivity index (χ1v) is 6.45. The monoisotopic (exact) mass is 256 g/mol. The van der Waals surface area contributed by atoms with E-state index < -0.39 is 0 Å². The zero-order valence-electron chi connectivity index (χ0n) is 10.6. The highest BCUT2D eigenvalue weighted by Crippen LogP contribution is 2.11. The molecule has 1 aliphatic rings. The lowest BCUT2D eigenvalue weighted by molar-refractivity contribution is 0.0736. The largest absolute Gasteiger partial charge is 0.336 e. The van der Waals surface area contributed by atoms with E-state index in [-0.39, 0.29) is 5.91 Å². The molecule has 0 aliphatic carbocycles. The van der Waals surface area contributed by atoms with Crippen LogP contribution in [0.4, 0.5) is 0 Å². The number of nitrogens with one attached hydrogen (secondary N) is 1. The Morgan fingerprint density at radius 2 is 1.89 bits per heavy atom. The summed E-state index contributed by atoms with van der Waals surface area (Å²) in [5.74, 6) is 0.105. The number of nitrogens with zero attached hydrogens (tertiary/aromatic N) is 3. The molecule has 0 radical (unpaired) electrons. The van der Waals surface area contributed by atoms with Crippen molar-refractivity contribution in [3.05, 3.63) is 48.3 Å². The maximum atomic E-state index is 12.3. The van der Waals surface area contributed by atoms with Gasteiger partial charge in [-0.2, -0.15) is 5.10 Å². The molecule has 3 rings (SSSR count). The number of carbonyl (C=O) groups excluding carboxylic acids is 1. The molecule has 5 nitrogen and oxygen atoms in total. The number of piperazine rings is 1. The molecule has 98 valence electrons. The van der Waals surface area contributed by atoms with Crippen molar-refractivity contribution in [2.75, 3.05) is 26.2 Å². The Bertz CT molecular complexity index is 541. The topological polar surface area (TPSA) is 50.2 Å². The third-order valence-electron chi connectivity index (χ3n) is 3.29. The van der Waals surface area contributed by atoms with E-state index in [1.54, 1.807) is 10.9 Å². The van der Waals surface area contributed by atoms with Gasteiger partial charge in [-0.3, -0.25) is 4.79 Å². The van der Waals surface area contributed by atoms with Crippen molar-refractivity contribution in [3.8, 4) is 5.69 Å². The molecular formula is C14H16N4O. The summed E-state index contributed by atoms with van der Waals surface area (Å²) in [6.07, 6.45) is 3.62. The van der Waals surface area contributed by atoms with E-state index in [0.717, 1.165) is 37.4 Å². The van der Waals surface area contributed by atoms with Gasteiger partial charge >= 0.3 is 0 Å². The van der Waals surface area contributed by atoms with Crippen LogP contribution in [-0.2, 0) is 0 Å². The minimum atomic E-state index is 0.105. The fraction of sp³-hybridized carbons (Fsp3) is 0.286. The molecule has 1 aromatic carbocycles. The number of hydrogen-bond acceptors (Lipinski definition) is 3. The summed E-state index contributed by atoms with van der Waals surface area (Å²) in [6.45, 7) is 3.30. The quantitative estimate of drug-likeness (QED) is 0.869. The van der Waals surface area contributed by atoms with Crippen LogP contribution in [0, 0.1) is 0 Å². The molecule has 0 unspecified atom stereocenters. The van der Waals surface area contributed by atoms with Gasteiger partial charge in [0, 0.05) is 44.1 Å². The van der Waals surface area contributed by atoms with Gasteiger partial charge in [-0.1, -0.05) is 0 Å². The molecule has 0 saturated carbocycles. The highest BCUT2D eigenvalue weighted by Gasteiger charge is 2.17. The molecule has 0 bridgehead atoms. The van der Waals surface area contributed by atoms with Crippen LogP contribution >= 0.6 is 0 Å². The molecule has 1 fully saturated rings. The number of hydrogen-bond donors (Lipinski definition) is 1. The van der Waals surface area contributed by atoms with Crippen LogP contribution in [0.25, 0.3) is 5.69 Å². The molecule has 2 aromatic rings. The molecule has 1 aromatic heterocycles. The Labute approximate surface area is 111 Å². The maximum Gasteiger partial charge on any atom is 0.253 e. The highest BCUT2D eigenvalue weighted by molar-refractivity contribution is 5.94. The van der Waals surface area contributed by atoms with E-state index in [4.69, 9.17) is 0 Å². The van der Waals surface area contributed by atoms with Crippen LogP contribution in [0.1, 0.15) is 10.4 Å². The maximum absolute atomic E-state index is 12.3. The minimum Gasteiger partial charge on any atom is -0.336 e.